The number of amides is 1. The summed E-state index contributed by atoms with van der Waals surface area (Å²) in [4.78, 5) is 66.8. The van der Waals surface area contributed by atoms with Crippen molar-refractivity contribution in [3.05, 3.63) is 143 Å². The number of benzene rings is 3. The van der Waals surface area contributed by atoms with Gasteiger partial charge in [0.15, 0.2) is 0 Å². The Bertz CT molecular complexity index is 2190. The van der Waals surface area contributed by atoms with E-state index in [2.05, 4.69) is 21.0 Å². The van der Waals surface area contributed by atoms with Crippen molar-refractivity contribution >= 4 is 29.4 Å². The molecule has 0 atom stereocenters. The molecule has 0 aliphatic carbocycles. The lowest BCUT2D eigenvalue weighted by Crippen LogP contribution is -2.30. The van der Waals surface area contributed by atoms with Crippen molar-refractivity contribution in [2.75, 3.05) is 11.1 Å². The van der Waals surface area contributed by atoms with Crippen LogP contribution in [-0.4, -0.2) is 35.2 Å². The fourth-order valence-corrected chi connectivity index (χ4v) is 4.20. The second-order valence-corrected chi connectivity index (χ2v) is 9.08. The molecule has 5 aromatic rings. The number of carbonyl (C=O) groups excluding carboxylic acids is 1. The van der Waals surface area contributed by atoms with Crippen molar-refractivity contribution in [3.63, 3.8) is 0 Å². The van der Waals surface area contributed by atoms with E-state index in [1.807, 2.05) is 0 Å². The lowest BCUT2D eigenvalue weighted by molar-refractivity contribution is 0.102. The summed E-state index contributed by atoms with van der Waals surface area (Å²) in [5.41, 5.74) is 5.03. The first-order chi connectivity index (χ1) is 20.6. The van der Waals surface area contributed by atoms with Crippen LogP contribution in [0.4, 0.5) is 11.4 Å². The summed E-state index contributed by atoms with van der Waals surface area (Å²) in [6.45, 7) is 0. The summed E-state index contributed by atoms with van der Waals surface area (Å²) in [5.74, 6) is -1.88. The molecule has 43 heavy (non-hydrogen) atoms. The molecule has 0 radical (unpaired) electrons. The molecule has 3 aromatic carbocycles. The van der Waals surface area contributed by atoms with Crippen molar-refractivity contribution < 1.29 is 15.0 Å². The van der Waals surface area contributed by atoms with Crippen molar-refractivity contribution in [2.24, 2.45) is 0 Å². The highest BCUT2D eigenvalue weighted by Gasteiger charge is 2.16. The topological polar surface area (TPSA) is 205 Å². The number of anilines is 2. The number of carbonyl (C=O) groups is 1. The Morgan fingerprint density at radius 2 is 1.28 bits per heavy atom. The molecule has 0 unspecified atom stereocenters. The Labute approximate surface area is 240 Å². The van der Waals surface area contributed by atoms with Gasteiger partial charge in [-0.15, -0.1) is 5.73 Å². The van der Waals surface area contributed by atoms with Crippen LogP contribution in [0.1, 0.15) is 21.5 Å². The van der Waals surface area contributed by atoms with Crippen LogP contribution in [0.2, 0.25) is 0 Å². The van der Waals surface area contributed by atoms with Crippen molar-refractivity contribution in [1.82, 2.24) is 19.1 Å². The first-order valence-corrected chi connectivity index (χ1v) is 12.6. The van der Waals surface area contributed by atoms with Gasteiger partial charge in [0.25, 0.3) is 17.0 Å². The van der Waals surface area contributed by atoms with E-state index in [0.717, 1.165) is 21.3 Å². The molecule has 5 rings (SSSR count). The molecule has 0 bridgehead atoms. The highest BCUT2D eigenvalue weighted by molar-refractivity contribution is 6.04. The molecule has 2 heterocycles. The van der Waals surface area contributed by atoms with Gasteiger partial charge in [-0.3, -0.25) is 24.4 Å². The van der Waals surface area contributed by atoms with Gasteiger partial charge >= 0.3 is 11.4 Å². The Balaban J connectivity index is 1.53. The Hall–Kier alpha value is -6.59. The first kappa shape index (κ1) is 28.0. The van der Waals surface area contributed by atoms with Gasteiger partial charge in [0.05, 0.1) is 11.4 Å². The van der Waals surface area contributed by atoms with Crippen LogP contribution in [0.3, 0.4) is 0 Å². The number of hydrogen-bond donors (Lipinski definition) is 6. The van der Waals surface area contributed by atoms with Crippen molar-refractivity contribution in [3.8, 4) is 23.1 Å². The predicted molar refractivity (Wildman–Crippen MR) is 160 cm³/mol. The number of aromatic hydroxyl groups is 2. The summed E-state index contributed by atoms with van der Waals surface area (Å²) in [6.07, 6.45) is 1.98. The zero-order valence-electron chi connectivity index (χ0n) is 22.1. The molecular formula is C30H22N6O7. The van der Waals surface area contributed by atoms with Crippen molar-refractivity contribution in [2.45, 2.75) is 0 Å². The number of hydrogen-bond acceptors (Lipinski definition) is 8. The van der Waals surface area contributed by atoms with Crippen LogP contribution >= 0.6 is 0 Å². The maximum absolute atomic E-state index is 12.7. The highest BCUT2D eigenvalue weighted by atomic mass is 16.3. The Morgan fingerprint density at radius 1 is 0.744 bits per heavy atom. The molecule has 0 aliphatic rings. The van der Waals surface area contributed by atoms with Crippen LogP contribution < -0.4 is 33.5 Å². The number of nitrogens with two attached hydrogens (primary N) is 1. The molecular weight excluding hydrogens is 556 g/mol. The molecule has 214 valence electrons. The maximum Gasteiger partial charge on any atom is 0.335 e. The van der Waals surface area contributed by atoms with Gasteiger partial charge in [0.2, 0.25) is 11.8 Å². The number of nitrogen functional groups attached to an aromatic ring is 1. The smallest absolute Gasteiger partial charge is 0.335 e. The van der Waals surface area contributed by atoms with E-state index >= 15 is 0 Å². The van der Waals surface area contributed by atoms with Crippen LogP contribution in [0.15, 0.2) is 104 Å². The van der Waals surface area contributed by atoms with Gasteiger partial charge in [-0.05, 0) is 60.7 Å². The molecule has 1 amide bonds. The predicted octanol–water partition coefficient (Wildman–Crippen LogP) is 1.94. The normalized spacial score (nSPS) is 10.5. The third-order valence-corrected chi connectivity index (χ3v) is 6.22. The number of aromatic nitrogens is 4. The molecule has 13 heteroatoms. The third-order valence-electron chi connectivity index (χ3n) is 6.22. The summed E-state index contributed by atoms with van der Waals surface area (Å²) in [7, 11) is 0. The molecule has 0 saturated carbocycles. The number of rotatable bonds is 6. The average Bonchev–Trinajstić information content (AvgIpc) is 2.96. The molecule has 7 N–H and O–H groups in total. The van der Waals surface area contributed by atoms with Crippen LogP contribution in [0.5, 0.6) is 11.8 Å². The monoisotopic (exact) mass is 578 g/mol. The second-order valence-electron chi connectivity index (χ2n) is 9.08. The fraction of sp³-hybridized carbons (Fsp3) is 0. The fourth-order valence-electron chi connectivity index (χ4n) is 4.20. The standard InChI is InChI=1S/C30H22N6O7/c31-18-9-4-11-20(15-18)35-27(40)22(25(38)33-29(35)42)13-6-14-23-26(39)34-30(43)36(28(23)41)21-12-5-10-19(16-21)32-24(37)17-7-2-1-3-8-17/h1-5,7-16,40-41H,31H2,(H,32,37)(H,33,38,42)(H,34,39,43). The highest BCUT2D eigenvalue weighted by Crippen LogP contribution is 2.22. The quantitative estimate of drug-likeness (QED) is 0.129. The number of H-pyrrole nitrogens is 2. The van der Waals surface area contributed by atoms with E-state index < -0.39 is 45.7 Å². The molecule has 0 fully saturated rings. The lowest BCUT2D eigenvalue weighted by Gasteiger charge is -2.12. The zero-order valence-corrected chi connectivity index (χ0v) is 22.1. The largest absolute Gasteiger partial charge is 0.494 e. The van der Waals surface area contributed by atoms with E-state index in [9.17, 15) is 34.2 Å². The molecule has 0 spiro atoms. The Kier molecular flexibility index (Phi) is 7.47. The maximum atomic E-state index is 12.7. The minimum Gasteiger partial charge on any atom is -0.494 e. The van der Waals surface area contributed by atoms with E-state index in [-0.39, 0.29) is 16.9 Å². The Morgan fingerprint density at radius 3 is 1.84 bits per heavy atom. The van der Waals surface area contributed by atoms with Gasteiger partial charge in [0, 0.05) is 16.9 Å². The minimum atomic E-state index is -0.962. The molecule has 0 saturated heterocycles. The number of nitrogens with one attached hydrogen (secondary N) is 3. The van der Waals surface area contributed by atoms with Crippen molar-refractivity contribution in [1.29, 1.82) is 0 Å². The summed E-state index contributed by atoms with van der Waals surface area (Å²) in [6, 6.07) is 20.5. The van der Waals surface area contributed by atoms with Crippen LogP contribution in [0, 0.1) is 0 Å². The third kappa shape index (κ3) is 5.68. The van der Waals surface area contributed by atoms with Gasteiger partial charge in [0.1, 0.15) is 11.1 Å². The van der Waals surface area contributed by atoms with E-state index in [1.165, 1.54) is 30.3 Å². The second kappa shape index (κ2) is 11.5. The summed E-state index contributed by atoms with van der Waals surface area (Å²) >= 11 is 0. The van der Waals surface area contributed by atoms with Gasteiger partial charge in [-0.2, -0.15) is 0 Å². The average molecular weight is 579 g/mol. The SMILES string of the molecule is Nc1cccc(-n2c(O)c(C=C=Cc3c(O)n(-c4cccc(NC(=O)c5ccccc5)c4)c(=O)[nH]c3=O)c(=O)[nH]c2=O)c1. The van der Waals surface area contributed by atoms with E-state index in [4.69, 9.17) is 5.73 Å². The first-order valence-electron chi connectivity index (χ1n) is 12.6. The zero-order chi connectivity index (χ0) is 30.7. The summed E-state index contributed by atoms with van der Waals surface area (Å²) < 4.78 is 1.62. The molecule has 2 aromatic heterocycles. The van der Waals surface area contributed by atoms with Gasteiger partial charge in [-0.1, -0.05) is 30.3 Å². The molecule has 13 nitrogen and oxygen atoms in total. The number of aromatic amines is 2. The van der Waals surface area contributed by atoms with E-state index in [0.29, 0.717) is 16.9 Å². The minimum absolute atomic E-state index is 0.117. The lowest BCUT2D eigenvalue weighted by atomic mass is 10.2. The number of nitrogens with zero attached hydrogens (tertiary/aromatic N) is 2. The van der Waals surface area contributed by atoms with Gasteiger partial charge < -0.3 is 21.3 Å². The van der Waals surface area contributed by atoms with Gasteiger partial charge in [-0.25, -0.2) is 18.7 Å². The summed E-state index contributed by atoms with van der Waals surface area (Å²) in [5, 5.41) is 24.3. The van der Waals surface area contributed by atoms with Crippen LogP contribution in [-0.2, 0) is 0 Å². The van der Waals surface area contributed by atoms with Crippen LogP contribution in [0.25, 0.3) is 23.5 Å². The van der Waals surface area contributed by atoms with E-state index in [1.54, 1.807) is 48.5 Å². The molecule has 0 aliphatic heterocycles.